The second-order valence-electron chi connectivity index (χ2n) is 6.32. The molecule has 0 saturated carbocycles. The molecule has 0 bridgehead atoms. The largest absolute Gasteiger partial charge is 0.460 e. The maximum absolute atomic E-state index is 13.8. The maximum Gasteiger partial charge on any atom is 0.460 e. The summed E-state index contributed by atoms with van der Waals surface area (Å²) in [4.78, 5) is 0. The van der Waals surface area contributed by atoms with Gasteiger partial charge in [0.25, 0.3) is 0 Å². The first-order chi connectivity index (χ1) is 12.6. The van der Waals surface area contributed by atoms with Crippen molar-refractivity contribution >= 4 is 0 Å². The van der Waals surface area contributed by atoms with Gasteiger partial charge < -0.3 is 5.11 Å². The van der Waals surface area contributed by atoms with E-state index in [2.05, 4.69) is 0 Å². The van der Waals surface area contributed by atoms with Crippen LogP contribution in [-0.4, -0.2) is 40.9 Å². The minimum atomic E-state index is -7.95. The van der Waals surface area contributed by atoms with Crippen LogP contribution in [0.5, 0.6) is 0 Å². The second-order valence-corrected chi connectivity index (χ2v) is 6.32. The Morgan fingerprint density at radius 1 is 0.621 bits per heavy atom. The highest BCUT2D eigenvalue weighted by Gasteiger charge is 2.90. The summed E-state index contributed by atoms with van der Waals surface area (Å²) in [6.45, 7) is 0.396. The number of alkyl halides is 13. The van der Waals surface area contributed by atoms with Crippen molar-refractivity contribution in [2.75, 3.05) is 0 Å². The van der Waals surface area contributed by atoms with E-state index in [4.69, 9.17) is 0 Å². The molecule has 0 spiro atoms. The topological polar surface area (TPSA) is 20.2 Å². The standard InChI is InChI=1S/C15H11F13O/c1-9(29,8-5-3-2-4-6-8)7-10(16,17)11(18,19)12(20,21)13(22,23)14(24,25)15(26,27)28/h2-6,29H,7H2,1H3. The third-order valence-corrected chi connectivity index (χ3v) is 3.96. The fourth-order valence-electron chi connectivity index (χ4n) is 2.24. The van der Waals surface area contributed by atoms with Gasteiger partial charge in [-0.05, 0) is 12.5 Å². The molecule has 168 valence electrons. The molecule has 29 heavy (non-hydrogen) atoms. The van der Waals surface area contributed by atoms with Crippen molar-refractivity contribution in [3.05, 3.63) is 35.9 Å². The zero-order chi connectivity index (χ0) is 23.3. The third-order valence-electron chi connectivity index (χ3n) is 3.96. The first kappa shape index (κ1) is 25.3. The van der Waals surface area contributed by atoms with E-state index in [-0.39, 0.29) is 0 Å². The zero-order valence-corrected chi connectivity index (χ0v) is 14.0. The summed E-state index contributed by atoms with van der Waals surface area (Å²) in [5.41, 5.74) is -3.65. The fourth-order valence-corrected chi connectivity index (χ4v) is 2.24. The molecule has 0 amide bonds. The van der Waals surface area contributed by atoms with Crippen LogP contribution < -0.4 is 0 Å². The molecule has 1 aromatic rings. The van der Waals surface area contributed by atoms with Gasteiger partial charge >= 0.3 is 35.8 Å². The molecule has 0 aliphatic carbocycles. The van der Waals surface area contributed by atoms with E-state index < -0.39 is 53.4 Å². The number of aliphatic hydroxyl groups is 1. The van der Waals surface area contributed by atoms with Crippen molar-refractivity contribution in [2.24, 2.45) is 0 Å². The van der Waals surface area contributed by atoms with Crippen LogP contribution in [0.2, 0.25) is 0 Å². The molecule has 1 atom stereocenters. The lowest BCUT2D eigenvalue weighted by atomic mass is 9.84. The van der Waals surface area contributed by atoms with Crippen molar-refractivity contribution in [1.82, 2.24) is 0 Å². The van der Waals surface area contributed by atoms with Crippen LogP contribution in [0, 0.1) is 0 Å². The molecule has 0 aliphatic heterocycles. The van der Waals surface area contributed by atoms with Crippen LogP contribution in [0.3, 0.4) is 0 Å². The Morgan fingerprint density at radius 3 is 1.38 bits per heavy atom. The normalized spacial score (nSPS) is 17.2. The third kappa shape index (κ3) is 3.87. The lowest BCUT2D eigenvalue weighted by molar-refractivity contribution is -0.441. The van der Waals surface area contributed by atoms with Gasteiger partial charge in [-0.1, -0.05) is 30.3 Å². The first-order valence-electron chi connectivity index (χ1n) is 7.30. The monoisotopic (exact) mass is 454 g/mol. The average Bonchev–Trinajstić information content (AvgIpc) is 2.53. The van der Waals surface area contributed by atoms with Gasteiger partial charge in [-0.15, -0.1) is 0 Å². The van der Waals surface area contributed by atoms with E-state index in [1.54, 1.807) is 0 Å². The average molecular weight is 454 g/mol. The van der Waals surface area contributed by atoms with E-state index in [1.165, 1.54) is 6.07 Å². The lowest BCUT2D eigenvalue weighted by Gasteiger charge is -2.41. The van der Waals surface area contributed by atoms with Crippen LogP contribution in [0.25, 0.3) is 0 Å². The van der Waals surface area contributed by atoms with Crippen molar-refractivity contribution in [1.29, 1.82) is 0 Å². The van der Waals surface area contributed by atoms with Crippen LogP contribution in [0.4, 0.5) is 57.1 Å². The van der Waals surface area contributed by atoms with Gasteiger partial charge in [-0.2, -0.15) is 57.1 Å². The summed E-state index contributed by atoms with van der Waals surface area (Å²) in [7, 11) is 0. The van der Waals surface area contributed by atoms with E-state index in [1.807, 2.05) is 0 Å². The molecule has 1 nitrogen and oxygen atoms in total. The molecule has 0 radical (unpaired) electrons. The number of halogens is 13. The molecule has 0 aliphatic rings. The molecule has 0 fully saturated rings. The minimum Gasteiger partial charge on any atom is -0.385 e. The molecule has 1 N–H and O–H groups in total. The molecule has 1 unspecified atom stereocenters. The molecular weight excluding hydrogens is 443 g/mol. The Balaban J connectivity index is 3.43. The van der Waals surface area contributed by atoms with Gasteiger partial charge in [0.05, 0.1) is 12.0 Å². The molecule has 14 heteroatoms. The lowest BCUT2D eigenvalue weighted by Crippen LogP contribution is -2.70. The number of hydrogen-bond donors (Lipinski definition) is 1. The van der Waals surface area contributed by atoms with Crippen LogP contribution in [0.1, 0.15) is 18.9 Å². The Bertz CT molecular complexity index is 707. The molecule has 0 heterocycles. The molecule has 0 saturated heterocycles. The summed E-state index contributed by atoms with van der Waals surface area (Å²) in [6.07, 6.45) is -10.2. The van der Waals surface area contributed by atoms with Gasteiger partial charge in [-0.3, -0.25) is 0 Å². The van der Waals surface area contributed by atoms with E-state index in [0.717, 1.165) is 24.3 Å². The minimum absolute atomic E-state index is 0.396. The Hall–Kier alpha value is -1.73. The molecule has 1 rings (SSSR count). The van der Waals surface area contributed by atoms with E-state index in [9.17, 15) is 62.2 Å². The van der Waals surface area contributed by atoms with Crippen LogP contribution >= 0.6 is 0 Å². The van der Waals surface area contributed by atoms with Gasteiger partial charge in [0, 0.05) is 0 Å². The predicted octanol–water partition coefficient (Wildman–Crippen LogP) is 6.02. The quantitative estimate of drug-likeness (QED) is 0.500. The molecule has 1 aromatic carbocycles. The Kier molecular flexibility index (Phi) is 6.03. The fraction of sp³-hybridized carbons (Fsp3) is 0.600. The van der Waals surface area contributed by atoms with Crippen molar-refractivity contribution in [3.63, 3.8) is 0 Å². The Morgan fingerprint density at radius 2 is 1.00 bits per heavy atom. The van der Waals surface area contributed by atoms with Crippen molar-refractivity contribution in [2.45, 2.75) is 54.7 Å². The molecule has 0 aromatic heterocycles. The smallest absolute Gasteiger partial charge is 0.385 e. The second kappa shape index (κ2) is 6.91. The SMILES string of the molecule is CC(O)(CC(F)(F)C(F)(F)C(F)(F)C(F)(F)C(F)(F)C(F)(F)F)c1ccccc1. The van der Waals surface area contributed by atoms with E-state index in [0.29, 0.717) is 6.92 Å². The van der Waals surface area contributed by atoms with Crippen LogP contribution in [-0.2, 0) is 5.60 Å². The number of rotatable bonds is 7. The van der Waals surface area contributed by atoms with Gasteiger partial charge in [0.1, 0.15) is 0 Å². The van der Waals surface area contributed by atoms with Crippen molar-refractivity contribution < 1.29 is 62.2 Å². The summed E-state index contributed by atoms with van der Waals surface area (Å²) < 4.78 is 170. The van der Waals surface area contributed by atoms with Gasteiger partial charge in [0.15, 0.2) is 0 Å². The number of benzene rings is 1. The summed E-state index contributed by atoms with van der Waals surface area (Å²) in [5, 5.41) is 9.87. The summed E-state index contributed by atoms with van der Waals surface area (Å²) in [5.74, 6) is -37.4. The van der Waals surface area contributed by atoms with Gasteiger partial charge in [0.2, 0.25) is 0 Å². The maximum atomic E-state index is 13.8. The summed E-state index contributed by atoms with van der Waals surface area (Å²) >= 11 is 0. The highest BCUT2D eigenvalue weighted by Crippen LogP contribution is 2.61. The highest BCUT2D eigenvalue weighted by molar-refractivity contribution is 5.23. The predicted molar refractivity (Wildman–Crippen MR) is 71.4 cm³/mol. The number of hydrogen-bond acceptors (Lipinski definition) is 1. The van der Waals surface area contributed by atoms with Crippen LogP contribution in [0.15, 0.2) is 30.3 Å². The zero-order valence-electron chi connectivity index (χ0n) is 14.0. The van der Waals surface area contributed by atoms with Gasteiger partial charge in [-0.25, -0.2) is 0 Å². The highest BCUT2D eigenvalue weighted by atomic mass is 19.4. The molecular formula is C15H11F13O. The summed E-state index contributed by atoms with van der Waals surface area (Å²) in [6, 6.07) is 5.16. The Labute approximate surface area is 154 Å². The first-order valence-corrected chi connectivity index (χ1v) is 7.30. The van der Waals surface area contributed by atoms with E-state index >= 15 is 0 Å². The van der Waals surface area contributed by atoms with Crippen molar-refractivity contribution in [3.8, 4) is 0 Å².